The zero-order chi connectivity index (χ0) is 18.8. The first-order valence-corrected chi connectivity index (χ1v) is 8.76. The number of amides is 1. The highest BCUT2D eigenvalue weighted by Gasteiger charge is 2.10. The second-order valence-corrected chi connectivity index (χ2v) is 6.38. The number of H-pyrrole nitrogens is 1. The van der Waals surface area contributed by atoms with Crippen molar-refractivity contribution in [3.8, 4) is 5.75 Å². The summed E-state index contributed by atoms with van der Waals surface area (Å²) in [5.74, 6) is -0.373. The number of hydrogen-bond donors (Lipinski definition) is 3. The fraction of sp³-hybridized carbons (Fsp3) is 0.200. The Labute approximate surface area is 154 Å². The van der Waals surface area contributed by atoms with Gasteiger partial charge in [0.05, 0.1) is 5.52 Å². The van der Waals surface area contributed by atoms with Crippen LogP contribution >= 0.6 is 0 Å². The minimum atomic E-state index is -0.456. The lowest BCUT2D eigenvalue weighted by Gasteiger charge is -2.06. The number of phenols is 1. The van der Waals surface area contributed by atoms with Crippen LogP contribution in [0.5, 0.6) is 5.75 Å². The molecule has 3 N–H and O–H groups in total. The number of rotatable bonds is 6. The Morgan fingerprint density at radius 2 is 2.07 bits per heavy atom. The maximum Gasteiger partial charge on any atom is 0.419 e. The molecule has 0 unspecified atom stereocenters. The van der Waals surface area contributed by atoms with E-state index >= 15 is 0 Å². The van der Waals surface area contributed by atoms with Crippen molar-refractivity contribution in [3.63, 3.8) is 0 Å². The number of aromatic amines is 1. The second kappa shape index (κ2) is 7.03. The molecule has 27 heavy (non-hydrogen) atoms. The van der Waals surface area contributed by atoms with Gasteiger partial charge in [-0.05, 0) is 42.3 Å². The molecule has 0 radical (unpaired) electrons. The largest absolute Gasteiger partial charge is 0.508 e. The molecule has 0 saturated heterocycles. The van der Waals surface area contributed by atoms with Gasteiger partial charge in [-0.15, -0.1) is 0 Å². The molecular formula is C20H19N3O4. The van der Waals surface area contributed by atoms with Crippen LogP contribution in [0, 0.1) is 0 Å². The van der Waals surface area contributed by atoms with Crippen LogP contribution in [-0.2, 0) is 17.8 Å². The van der Waals surface area contributed by atoms with Gasteiger partial charge in [-0.1, -0.05) is 12.1 Å². The van der Waals surface area contributed by atoms with Gasteiger partial charge < -0.3 is 19.8 Å². The van der Waals surface area contributed by atoms with E-state index in [9.17, 15) is 14.7 Å². The molecule has 2 aromatic carbocycles. The summed E-state index contributed by atoms with van der Waals surface area (Å²) in [6, 6.07) is 12.3. The van der Waals surface area contributed by atoms with Gasteiger partial charge in [0.15, 0.2) is 5.58 Å². The summed E-state index contributed by atoms with van der Waals surface area (Å²) >= 11 is 0. The molecule has 1 amide bonds. The number of para-hydroxylation sites is 2. The zero-order valence-corrected chi connectivity index (χ0v) is 14.6. The average molecular weight is 365 g/mol. The van der Waals surface area contributed by atoms with Crippen LogP contribution in [-0.4, -0.2) is 27.1 Å². The lowest BCUT2D eigenvalue weighted by atomic mass is 10.1. The number of benzene rings is 2. The molecule has 0 bridgehead atoms. The molecule has 0 spiro atoms. The Kier molecular flexibility index (Phi) is 4.42. The van der Waals surface area contributed by atoms with Gasteiger partial charge in [-0.25, -0.2) is 4.79 Å². The Balaban J connectivity index is 1.34. The van der Waals surface area contributed by atoms with E-state index in [-0.39, 0.29) is 24.6 Å². The van der Waals surface area contributed by atoms with E-state index in [0.29, 0.717) is 24.1 Å². The van der Waals surface area contributed by atoms with E-state index in [1.54, 1.807) is 30.3 Å². The van der Waals surface area contributed by atoms with Crippen LogP contribution in [0.2, 0.25) is 0 Å². The maximum atomic E-state index is 12.1. The summed E-state index contributed by atoms with van der Waals surface area (Å²) in [4.78, 5) is 27.2. The summed E-state index contributed by atoms with van der Waals surface area (Å²) in [6.07, 6.45) is 2.72. The second-order valence-electron chi connectivity index (χ2n) is 6.38. The Morgan fingerprint density at radius 3 is 2.96 bits per heavy atom. The van der Waals surface area contributed by atoms with Gasteiger partial charge in [-0.2, -0.15) is 0 Å². The fourth-order valence-corrected chi connectivity index (χ4v) is 3.24. The minimum Gasteiger partial charge on any atom is -0.508 e. The zero-order valence-electron chi connectivity index (χ0n) is 14.6. The quantitative estimate of drug-likeness (QED) is 0.489. The van der Waals surface area contributed by atoms with Crippen molar-refractivity contribution in [2.24, 2.45) is 0 Å². The number of carbonyl (C=O) groups is 1. The minimum absolute atomic E-state index is 0.130. The number of hydrogen-bond acceptors (Lipinski definition) is 4. The van der Waals surface area contributed by atoms with Crippen molar-refractivity contribution < 1.29 is 14.3 Å². The lowest BCUT2D eigenvalue weighted by molar-refractivity contribution is -0.121. The van der Waals surface area contributed by atoms with Gasteiger partial charge in [0, 0.05) is 36.6 Å². The van der Waals surface area contributed by atoms with Crippen molar-refractivity contribution in [1.29, 1.82) is 0 Å². The van der Waals surface area contributed by atoms with Crippen LogP contribution in [0.1, 0.15) is 12.0 Å². The first kappa shape index (κ1) is 17.0. The molecular weight excluding hydrogens is 346 g/mol. The maximum absolute atomic E-state index is 12.1. The number of aryl methyl sites for hydroxylation is 1. The highest BCUT2D eigenvalue weighted by atomic mass is 16.4. The van der Waals surface area contributed by atoms with Crippen LogP contribution < -0.4 is 11.1 Å². The highest BCUT2D eigenvalue weighted by molar-refractivity contribution is 5.84. The van der Waals surface area contributed by atoms with Gasteiger partial charge in [-0.3, -0.25) is 9.36 Å². The van der Waals surface area contributed by atoms with Crippen LogP contribution in [0.15, 0.2) is 57.9 Å². The first-order valence-electron chi connectivity index (χ1n) is 8.76. The van der Waals surface area contributed by atoms with Gasteiger partial charge in [0.25, 0.3) is 0 Å². The number of nitrogens with zero attached hydrogens (tertiary/aromatic N) is 1. The third-order valence-electron chi connectivity index (χ3n) is 4.60. The van der Waals surface area contributed by atoms with E-state index in [1.165, 1.54) is 4.57 Å². The van der Waals surface area contributed by atoms with Crippen LogP contribution in [0.25, 0.3) is 22.0 Å². The third-order valence-corrected chi connectivity index (χ3v) is 4.60. The molecule has 0 aliphatic rings. The first-order chi connectivity index (χ1) is 13.1. The smallest absolute Gasteiger partial charge is 0.419 e. The Hall–Kier alpha value is -3.48. The summed E-state index contributed by atoms with van der Waals surface area (Å²) in [5, 5.41) is 13.4. The molecule has 0 aliphatic carbocycles. The number of phenolic OH excluding ortho intramolecular Hbond substituents is 1. The monoisotopic (exact) mass is 365 g/mol. The molecule has 7 heteroatoms. The highest BCUT2D eigenvalue weighted by Crippen LogP contribution is 2.23. The average Bonchev–Trinajstić information content (AvgIpc) is 3.20. The number of nitrogens with one attached hydrogen (secondary N) is 2. The van der Waals surface area contributed by atoms with Crippen molar-refractivity contribution in [1.82, 2.24) is 14.9 Å². The van der Waals surface area contributed by atoms with E-state index in [4.69, 9.17) is 4.42 Å². The van der Waals surface area contributed by atoms with Gasteiger partial charge >= 0.3 is 5.76 Å². The molecule has 7 nitrogen and oxygen atoms in total. The molecule has 0 aliphatic heterocycles. The molecule has 138 valence electrons. The van der Waals surface area contributed by atoms with Crippen LogP contribution in [0.3, 0.4) is 0 Å². The van der Waals surface area contributed by atoms with Gasteiger partial charge in [0.1, 0.15) is 5.75 Å². The third kappa shape index (κ3) is 3.44. The predicted molar refractivity (Wildman–Crippen MR) is 102 cm³/mol. The lowest BCUT2D eigenvalue weighted by Crippen LogP contribution is -2.27. The fourth-order valence-electron chi connectivity index (χ4n) is 3.24. The molecule has 2 heterocycles. The molecule has 4 aromatic rings. The topological polar surface area (TPSA) is 100 Å². The Morgan fingerprint density at radius 1 is 1.22 bits per heavy atom. The van der Waals surface area contributed by atoms with E-state index in [2.05, 4.69) is 10.3 Å². The van der Waals surface area contributed by atoms with E-state index in [1.807, 2.05) is 18.3 Å². The number of aromatic hydroxyl groups is 1. The molecule has 0 fully saturated rings. The summed E-state index contributed by atoms with van der Waals surface area (Å²) < 4.78 is 6.63. The van der Waals surface area contributed by atoms with Crippen molar-refractivity contribution in [2.75, 3.05) is 6.54 Å². The molecule has 0 atom stereocenters. The number of fused-ring (bicyclic) bond motifs is 2. The normalized spacial score (nSPS) is 11.3. The van der Waals surface area contributed by atoms with Crippen molar-refractivity contribution >= 4 is 27.9 Å². The number of oxazole rings is 1. The van der Waals surface area contributed by atoms with Gasteiger partial charge in [0.2, 0.25) is 5.91 Å². The molecule has 4 rings (SSSR count). The summed E-state index contributed by atoms with van der Waals surface area (Å²) in [7, 11) is 0. The Bertz CT molecular complexity index is 1170. The molecule has 2 aromatic heterocycles. The summed E-state index contributed by atoms with van der Waals surface area (Å²) in [6.45, 7) is 0.741. The number of aromatic nitrogens is 2. The molecule has 0 saturated carbocycles. The number of carbonyl (C=O) groups excluding carboxylic acids is 1. The van der Waals surface area contributed by atoms with E-state index < -0.39 is 5.76 Å². The van der Waals surface area contributed by atoms with Crippen molar-refractivity contribution in [2.45, 2.75) is 19.4 Å². The summed E-state index contributed by atoms with van der Waals surface area (Å²) in [5.41, 5.74) is 3.18. The van der Waals surface area contributed by atoms with Crippen LogP contribution in [0.4, 0.5) is 0 Å². The SMILES string of the molecule is O=C(CCn1c(=O)oc2ccccc21)NCCc1c[nH]c2ccc(O)cc12. The van der Waals surface area contributed by atoms with E-state index in [0.717, 1.165) is 16.5 Å². The predicted octanol–water partition coefficient (Wildman–Crippen LogP) is 2.53. The van der Waals surface area contributed by atoms with Crippen molar-refractivity contribution in [3.05, 3.63) is 64.8 Å². The standard InChI is InChI=1S/C20H19N3O4/c24-14-5-6-16-15(11-14)13(12-22-16)7-9-21-19(25)8-10-23-17-3-1-2-4-18(17)27-20(23)26/h1-6,11-12,22,24H,7-10H2,(H,21,25).